The number of hydrogen-bond donors (Lipinski definition) is 2. The highest BCUT2D eigenvalue weighted by molar-refractivity contribution is 7.07. The van der Waals surface area contributed by atoms with E-state index in [-0.39, 0.29) is 5.82 Å². The van der Waals surface area contributed by atoms with Gasteiger partial charge in [0.1, 0.15) is 5.82 Å². The summed E-state index contributed by atoms with van der Waals surface area (Å²) in [6, 6.07) is 5.98. The lowest BCUT2D eigenvalue weighted by Crippen LogP contribution is -2.05. The summed E-state index contributed by atoms with van der Waals surface area (Å²) < 4.78 is 13.0. The molecule has 3 N–H and O–H groups in total. The minimum Gasteiger partial charge on any atom is -0.398 e. The van der Waals surface area contributed by atoms with Crippen LogP contribution in [0.2, 0.25) is 0 Å². The second-order valence-corrected chi connectivity index (χ2v) is 4.40. The van der Waals surface area contributed by atoms with Crippen molar-refractivity contribution in [1.82, 2.24) is 0 Å². The first kappa shape index (κ1) is 11.1. The molecule has 4 heteroatoms. The van der Waals surface area contributed by atoms with Crippen molar-refractivity contribution in [2.75, 3.05) is 5.73 Å². The molecule has 0 fully saturated rings. The van der Waals surface area contributed by atoms with Gasteiger partial charge in [0, 0.05) is 17.7 Å². The molecule has 1 atom stereocenters. The van der Waals surface area contributed by atoms with Crippen LogP contribution >= 0.6 is 11.3 Å². The smallest absolute Gasteiger partial charge is 0.123 e. The van der Waals surface area contributed by atoms with Crippen LogP contribution in [0.25, 0.3) is 0 Å². The van der Waals surface area contributed by atoms with Gasteiger partial charge in [-0.2, -0.15) is 11.3 Å². The van der Waals surface area contributed by atoms with E-state index in [9.17, 15) is 9.50 Å². The third-order valence-electron chi connectivity index (χ3n) is 2.42. The van der Waals surface area contributed by atoms with Gasteiger partial charge in [-0.3, -0.25) is 0 Å². The molecular weight excluding hydrogens is 225 g/mol. The van der Waals surface area contributed by atoms with Crippen molar-refractivity contribution < 1.29 is 9.50 Å². The molecule has 1 unspecified atom stereocenters. The van der Waals surface area contributed by atoms with Crippen molar-refractivity contribution in [1.29, 1.82) is 0 Å². The van der Waals surface area contributed by atoms with Crippen LogP contribution in [0.3, 0.4) is 0 Å². The maximum absolute atomic E-state index is 13.0. The van der Waals surface area contributed by atoms with Crippen LogP contribution in [0.15, 0.2) is 35.0 Å². The van der Waals surface area contributed by atoms with Gasteiger partial charge < -0.3 is 10.8 Å². The number of thiophene rings is 1. The Morgan fingerprint density at radius 2 is 2.19 bits per heavy atom. The molecule has 84 valence electrons. The standard InChI is InChI=1S/C12H12FNOS/c13-9-1-2-11(14)10(6-9)12(15)5-8-3-4-16-7-8/h1-4,6-7,12,15H,5,14H2. The van der Waals surface area contributed by atoms with Crippen LogP contribution < -0.4 is 5.73 Å². The summed E-state index contributed by atoms with van der Waals surface area (Å²) in [6.45, 7) is 0. The second-order valence-electron chi connectivity index (χ2n) is 3.62. The minimum absolute atomic E-state index is 0.381. The summed E-state index contributed by atoms with van der Waals surface area (Å²) in [4.78, 5) is 0. The Hall–Kier alpha value is -1.39. The molecular formula is C12H12FNOS. The van der Waals surface area contributed by atoms with Gasteiger partial charge in [0.25, 0.3) is 0 Å². The molecule has 0 spiro atoms. The number of hydrogen-bond acceptors (Lipinski definition) is 3. The van der Waals surface area contributed by atoms with E-state index in [0.717, 1.165) is 5.56 Å². The topological polar surface area (TPSA) is 46.2 Å². The van der Waals surface area contributed by atoms with Crippen LogP contribution in [0.1, 0.15) is 17.2 Å². The van der Waals surface area contributed by atoms with E-state index in [1.807, 2.05) is 16.8 Å². The minimum atomic E-state index is -0.759. The lowest BCUT2D eigenvalue weighted by Gasteiger charge is -2.12. The number of rotatable bonds is 3. The van der Waals surface area contributed by atoms with Gasteiger partial charge >= 0.3 is 0 Å². The molecule has 0 saturated heterocycles. The van der Waals surface area contributed by atoms with Gasteiger partial charge in [0.15, 0.2) is 0 Å². The lowest BCUT2D eigenvalue weighted by atomic mass is 10.0. The molecule has 1 aromatic carbocycles. The van der Waals surface area contributed by atoms with E-state index in [0.29, 0.717) is 17.7 Å². The Morgan fingerprint density at radius 1 is 1.38 bits per heavy atom. The number of aliphatic hydroxyl groups is 1. The van der Waals surface area contributed by atoms with Gasteiger partial charge in [-0.05, 0) is 40.6 Å². The zero-order valence-electron chi connectivity index (χ0n) is 8.56. The first-order valence-electron chi connectivity index (χ1n) is 4.91. The molecule has 0 amide bonds. The van der Waals surface area contributed by atoms with Gasteiger partial charge in [-0.25, -0.2) is 4.39 Å². The molecule has 2 rings (SSSR count). The fourth-order valence-electron chi connectivity index (χ4n) is 1.58. The number of nitrogen functional groups attached to an aromatic ring is 1. The van der Waals surface area contributed by atoms with Gasteiger partial charge in [0.05, 0.1) is 6.10 Å². The van der Waals surface area contributed by atoms with E-state index >= 15 is 0 Å². The first-order chi connectivity index (χ1) is 7.66. The summed E-state index contributed by atoms with van der Waals surface area (Å²) in [5, 5.41) is 13.9. The summed E-state index contributed by atoms with van der Waals surface area (Å²) in [5.74, 6) is -0.381. The summed E-state index contributed by atoms with van der Waals surface area (Å²) >= 11 is 1.57. The van der Waals surface area contributed by atoms with Gasteiger partial charge in [-0.1, -0.05) is 0 Å². The number of aliphatic hydroxyl groups excluding tert-OH is 1. The van der Waals surface area contributed by atoms with E-state index < -0.39 is 6.10 Å². The Balaban J connectivity index is 2.20. The van der Waals surface area contributed by atoms with Crippen LogP contribution in [-0.4, -0.2) is 5.11 Å². The zero-order valence-corrected chi connectivity index (χ0v) is 9.38. The van der Waals surface area contributed by atoms with Crippen molar-refractivity contribution in [2.24, 2.45) is 0 Å². The highest BCUT2D eigenvalue weighted by Gasteiger charge is 2.12. The molecule has 0 aliphatic heterocycles. The molecule has 0 saturated carbocycles. The number of halogens is 1. The summed E-state index contributed by atoms with van der Waals surface area (Å²) in [6.07, 6.45) is -0.303. The van der Waals surface area contributed by atoms with Crippen molar-refractivity contribution >= 4 is 17.0 Å². The number of nitrogens with two attached hydrogens (primary N) is 1. The highest BCUT2D eigenvalue weighted by Crippen LogP contribution is 2.25. The molecule has 1 aromatic heterocycles. The van der Waals surface area contributed by atoms with Crippen LogP contribution in [0.4, 0.5) is 10.1 Å². The van der Waals surface area contributed by atoms with Crippen molar-refractivity contribution in [3.8, 4) is 0 Å². The fourth-order valence-corrected chi connectivity index (χ4v) is 2.26. The Morgan fingerprint density at radius 3 is 2.88 bits per heavy atom. The largest absolute Gasteiger partial charge is 0.398 e. The van der Waals surface area contributed by atoms with Gasteiger partial charge in [-0.15, -0.1) is 0 Å². The molecule has 16 heavy (non-hydrogen) atoms. The molecule has 0 aliphatic carbocycles. The molecule has 1 heterocycles. The van der Waals surface area contributed by atoms with E-state index in [1.54, 1.807) is 11.3 Å². The predicted octanol–water partition coefficient (Wildman–Crippen LogP) is 2.75. The maximum atomic E-state index is 13.0. The van der Waals surface area contributed by atoms with Crippen molar-refractivity contribution in [2.45, 2.75) is 12.5 Å². The molecule has 0 radical (unpaired) electrons. The number of benzene rings is 1. The Bertz CT molecular complexity index is 470. The SMILES string of the molecule is Nc1ccc(F)cc1C(O)Cc1ccsc1. The Kier molecular flexibility index (Phi) is 3.22. The van der Waals surface area contributed by atoms with Crippen molar-refractivity contribution in [3.63, 3.8) is 0 Å². The molecule has 0 bridgehead atoms. The third-order valence-corrected chi connectivity index (χ3v) is 3.15. The van der Waals surface area contributed by atoms with Crippen LogP contribution in [-0.2, 0) is 6.42 Å². The fraction of sp³-hybridized carbons (Fsp3) is 0.167. The lowest BCUT2D eigenvalue weighted by molar-refractivity contribution is 0.179. The van der Waals surface area contributed by atoms with E-state index in [4.69, 9.17) is 5.73 Å². The van der Waals surface area contributed by atoms with Crippen LogP contribution in [0.5, 0.6) is 0 Å². The van der Waals surface area contributed by atoms with E-state index in [1.165, 1.54) is 18.2 Å². The molecule has 2 nitrogen and oxygen atoms in total. The quantitative estimate of drug-likeness (QED) is 0.806. The van der Waals surface area contributed by atoms with E-state index in [2.05, 4.69) is 0 Å². The molecule has 2 aromatic rings. The normalized spacial score (nSPS) is 12.6. The third kappa shape index (κ3) is 2.40. The van der Waals surface area contributed by atoms with Crippen molar-refractivity contribution in [3.05, 3.63) is 52.0 Å². The average molecular weight is 237 g/mol. The molecule has 0 aliphatic rings. The maximum Gasteiger partial charge on any atom is 0.123 e. The highest BCUT2D eigenvalue weighted by atomic mass is 32.1. The monoisotopic (exact) mass is 237 g/mol. The second kappa shape index (κ2) is 4.63. The van der Waals surface area contributed by atoms with Gasteiger partial charge in [0.2, 0.25) is 0 Å². The summed E-state index contributed by atoms with van der Waals surface area (Å²) in [5.41, 5.74) is 7.59. The Labute approximate surface area is 97.2 Å². The number of anilines is 1. The summed E-state index contributed by atoms with van der Waals surface area (Å²) in [7, 11) is 0. The average Bonchev–Trinajstić information content (AvgIpc) is 2.74. The predicted molar refractivity (Wildman–Crippen MR) is 63.8 cm³/mol. The zero-order chi connectivity index (χ0) is 11.5. The first-order valence-corrected chi connectivity index (χ1v) is 5.85. The van der Waals surface area contributed by atoms with Crippen LogP contribution in [0, 0.1) is 5.82 Å².